The van der Waals surface area contributed by atoms with Gasteiger partial charge in [0.15, 0.2) is 0 Å². The molecule has 0 spiro atoms. The number of sulfonamides is 1. The number of rotatable bonds is 3. The van der Waals surface area contributed by atoms with Crippen molar-refractivity contribution >= 4 is 10.0 Å². The second-order valence-electron chi connectivity index (χ2n) is 4.33. The normalized spacial score (nSPS) is 18.1. The van der Waals surface area contributed by atoms with Crippen molar-refractivity contribution in [2.75, 3.05) is 13.1 Å². The minimum absolute atomic E-state index is 0.0309. The molecule has 0 unspecified atom stereocenters. The van der Waals surface area contributed by atoms with Crippen LogP contribution in [0.5, 0.6) is 0 Å². The maximum Gasteiger partial charge on any atom is 0.243 e. The van der Waals surface area contributed by atoms with Gasteiger partial charge in [-0.25, -0.2) is 21.6 Å². The van der Waals surface area contributed by atoms with Crippen LogP contribution in [0.4, 0.5) is 13.2 Å². The van der Waals surface area contributed by atoms with Gasteiger partial charge in [0.05, 0.1) is 4.90 Å². The molecule has 0 atom stereocenters. The van der Waals surface area contributed by atoms with Crippen LogP contribution in [-0.2, 0) is 10.0 Å². The third-order valence-electron chi connectivity index (χ3n) is 2.99. The molecule has 1 saturated heterocycles. The van der Waals surface area contributed by atoms with Crippen molar-refractivity contribution in [3.8, 4) is 0 Å². The Morgan fingerprint density at radius 2 is 1.94 bits per heavy atom. The molecule has 0 bridgehead atoms. The summed E-state index contributed by atoms with van der Waals surface area (Å²) in [6, 6.07) is 3.32. The molecule has 0 saturated carbocycles. The van der Waals surface area contributed by atoms with Crippen LogP contribution in [-0.4, -0.2) is 32.2 Å². The molecule has 1 aromatic rings. The van der Waals surface area contributed by atoms with Crippen LogP contribution in [0.2, 0.25) is 0 Å². The number of aryl methyl sites for hydroxylation is 1. The lowest BCUT2D eigenvalue weighted by Gasteiger charge is -2.37. The minimum atomic E-state index is -3.78. The molecule has 0 aromatic heterocycles. The summed E-state index contributed by atoms with van der Waals surface area (Å²) in [5.74, 6) is -1.43. The highest BCUT2D eigenvalue weighted by molar-refractivity contribution is 7.89. The van der Waals surface area contributed by atoms with Gasteiger partial charge in [-0.1, -0.05) is 0 Å². The minimum Gasteiger partial charge on any atom is -0.210 e. The van der Waals surface area contributed by atoms with E-state index < -0.39 is 28.2 Å². The zero-order valence-electron chi connectivity index (χ0n) is 9.61. The van der Waals surface area contributed by atoms with E-state index in [4.69, 9.17) is 0 Å². The predicted octanol–water partition coefficient (Wildman–Crippen LogP) is 2.02. The molecule has 1 aliphatic heterocycles. The number of alkyl halides is 2. The lowest BCUT2D eigenvalue weighted by molar-refractivity contribution is 0.0123. The van der Waals surface area contributed by atoms with Crippen molar-refractivity contribution in [1.29, 1.82) is 0 Å². The first kappa shape index (κ1) is 13.4. The molecule has 7 heteroatoms. The van der Waals surface area contributed by atoms with E-state index in [1.54, 1.807) is 0 Å². The van der Waals surface area contributed by atoms with Crippen molar-refractivity contribution in [3.63, 3.8) is 0 Å². The fraction of sp³-hybridized carbons (Fsp3) is 0.455. The van der Waals surface area contributed by atoms with Gasteiger partial charge in [-0.3, -0.25) is 0 Å². The molecule has 3 nitrogen and oxygen atoms in total. The van der Waals surface area contributed by atoms with E-state index in [1.807, 2.05) is 0 Å². The van der Waals surface area contributed by atoms with Crippen molar-refractivity contribution in [1.82, 2.24) is 4.31 Å². The van der Waals surface area contributed by atoms with Gasteiger partial charge in [-0.2, -0.15) is 4.31 Å². The summed E-state index contributed by atoms with van der Waals surface area (Å²) in [6.07, 6.45) is -2.51. The smallest absolute Gasteiger partial charge is 0.210 e. The Bertz CT molecular complexity index is 553. The lowest BCUT2D eigenvalue weighted by Crippen LogP contribution is -2.52. The average Bonchev–Trinajstić information content (AvgIpc) is 2.12. The predicted molar refractivity (Wildman–Crippen MR) is 59.4 cm³/mol. The van der Waals surface area contributed by atoms with Crippen LogP contribution in [0.3, 0.4) is 0 Å². The van der Waals surface area contributed by atoms with Crippen LogP contribution in [0.15, 0.2) is 23.1 Å². The maximum absolute atomic E-state index is 12.9. The molecule has 18 heavy (non-hydrogen) atoms. The Morgan fingerprint density at radius 3 is 2.44 bits per heavy atom. The number of nitrogens with zero attached hydrogens (tertiary/aromatic N) is 1. The Hall–Kier alpha value is -1.08. The molecular formula is C11H12F3NO2S. The first-order valence-corrected chi connectivity index (χ1v) is 6.81. The zero-order chi connectivity index (χ0) is 13.5. The monoisotopic (exact) mass is 279 g/mol. The Balaban J connectivity index is 2.23. The molecular weight excluding hydrogens is 267 g/mol. The standard InChI is InChI=1S/C11H12F3NO2S/c1-7-4-9(12)2-3-10(7)18(16,17)15-5-8(6-15)11(13)14/h2-4,8,11H,5-6H2,1H3. The van der Waals surface area contributed by atoms with E-state index in [0.29, 0.717) is 0 Å². The van der Waals surface area contributed by atoms with E-state index in [2.05, 4.69) is 0 Å². The summed E-state index contributed by atoms with van der Waals surface area (Å²) in [5, 5.41) is 0. The fourth-order valence-electron chi connectivity index (χ4n) is 1.87. The number of benzene rings is 1. The number of hydrogen-bond donors (Lipinski definition) is 0. The first-order chi connectivity index (χ1) is 8.32. The molecule has 1 aromatic carbocycles. The van der Waals surface area contributed by atoms with Gasteiger partial charge >= 0.3 is 0 Å². The largest absolute Gasteiger partial charge is 0.243 e. The SMILES string of the molecule is Cc1cc(F)ccc1S(=O)(=O)N1CC(C(F)F)C1. The lowest BCUT2D eigenvalue weighted by atomic mass is 10.1. The average molecular weight is 279 g/mol. The molecule has 1 heterocycles. The highest BCUT2D eigenvalue weighted by Gasteiger charge is 2.41. The summed E-state index contributed by atoms with van der Waals surface area (Å²) < 4.78 is 62.6. The van der Waals surface area contributed by atoms with Gasteiger partial charge in [0.1, 0.15) is 5.82 Å². The van der Waals surface area contributed by atoms with E-state index in [1.165, 1.54) is 6.92 Å². The van der Waals surface area contributed by atoms with E-state index in [0.717, 1.165) is 22.5 Å². The Kier molecular flexibility index (Phi) is 3.37. The summed E-state index contributed by atoms with van der Waals surface area (Å²) in [6.45, 7) is 1.11. The van der Waals surface area contributed by atoms with Gasteiger partial charge < -0.3 is 0 Å². The van der Waals surface area contributed by atoms with Crippen molar-refractivity contribution in [2.24, 2.45) is 5.92 Å². The van der Waals surface area contributed by atoms with E-state index in [9.17, 15) is 21.6 Å². The molecule has 1 aliphatic rings. The van der Waals surface area contributed by atoms with Crippen LogP contribution in [0.25, 0.3) is 0 Å². The third-order valence-corrected chi connectivity index (χ3v) is 4.98. The highest BCUT2D eigenvalue weighted by atomic mass is 32.2. The maximum atomic E-state index is 12.9. The molecule has 0 N–H and O–H groups in total. The molecule has 100 valence electrons. The second-order valence-corrected chi connectivity index (χ2v) is 6.23. The first-order valence-electron chi connectivity index (χ1n) is 5.37. The topological polar surface area (TPSA) is 37.4 Å². The molecule has 1 fully saturated rings. The Morgan fingerprint density at radius 1 is 1.33 bits per heavy atom. The quantitative estimate of drug-likeness (QED) is 0.849. The van der Waals surface area contributed by atoms with Crippen molar-refractivity contribution in [2.45, 2.75) is 18.2 Å². The van der Waals surface area contributed by atoms with Gasteiger partial charge in [0, 0.05) is 19.0 Å². The van der Waals surface area contributed by atoms with E-state index in [-0.39, 0.29) is 23.5 Å². The van der Waals surface area contributed by atoms with Gasteiger partial charge in [0.2, 0.25) is 16.4 Å². The summed E-state index contributed by atoms with van der Waals surface area (Å²) in [5.41, 5.74) is 0.274. The molecule has 2 rings (SSSR count). The number of halogens is 3. The summed E-state index contributed by atoms with van der Waals surface area (Å²) in [7, 11) is -3.78. The van der Waals surface area contributed by atoms with Gasteiger partial charge in [-0.15, -0.1) is 0 Å². The van der Waals surface area contributed by atoms with Crippen LogP contribution in [0.1, 0.15) is 5.56 Å². The highest BCUT2D eigenvalue weighted by Crippen LogP contribution is 2.30. The van der Waals surface area contributed by atoms with Crippen LogP contribution < -0.4 is 0 Å². The molecule has 0 amide bonds. The summed E-state index contributed by atoms with van der Waals surface area (Å²) >= 11 is 0. The van der Waals surface area contributed by atoms with E-state index >= 15 is 0 Å². The van der Waals surface area contributed by atoms with Crippen LogP contribution >= 0.6 is 0 Å². The third kappa shape index (κ3) is 2.24. The van der Waals surface area contributed by atoms with Crippen LogP contribution in [0, 0.1) is 18.7 Å². The molecule has 0 aliphatic carbocycles. The fourth-order valence-corrected chi connectivity index (χ4v) is 3.63. The van der Waals surface area contributed by atoms with Crippen molar-refractivity contribution < 1.29 is 21.6 Å². The zero-order valence-corrected chi connectivity index (χ0v) is 10.4. The van der Waals surface area contributed by atoms with Gasteiger partial charge in [-0.05, 0) is 30.7 Å². The van der Waals surface area contributed by atoms with Crippen molar-refractivity contribution in [3.05, 3.63) is 29.6 Å². The number of hydrogen-bond acceptors (Lipinski definition) is 2. The van der Waals surface area contributed by atoms with Gasteiger partial charge in [0.25, 0.3) is 0 Å². The summed E-state index contributed by atoms with van der Waals surface area (Å²) in [4.78, 5) is -0.0309. The molecule has 0 radical (unpaired) electrons. The Labute approximate surface area is 103 Å². The second kappa shape index (κ2) is 4.55.